The molecule has 1 aliphatic carbocycles. The van der Waals surface area contributed by atoms with Gasteiger partial charge in [0.15, 0.2) is 0 Å². The van der Waals surface area contributed by atoms with Crippen molar-refractivity contribution in [1.82, 2.24) is 10.2 Å². The molecule has 0 aromatic rings. The van der Waals surface area contributed by atoms with Gasteiger partial charge >= 0.3 is 0 Å². The first kappa shape index (κ1) is 13.8. The van der Waals surface area contributed by atoms with Gasteiger partial charge in [0, 0.05) is 30.7 Å². The average molecular weight is 286 g/mol. The quantitative estimate of drug-likeness (QED) is 0.786. The molecule has 1 saturated carbocycles. The minimum atomic E-state index is -2.74. The van der Waals surface area contributed by atoms with E-state index in [-0.39, 0.29) is 0 Å². The second-order valence-corrected chi connectivity index (χ2v) is 9.08. The highest BCUT2D eigenvalue weighted by molar-refractivity contribution is 7.91. The highest BCUT2D eigenvalue weighted by atomic mass is 32.2. The van der Waals surface area contributed by atoms with Crippen molar-refractivity contribution in [3.8, 4) is 0 Å². The summed E-state index contributed by atoms with van der Waals surface area (Å²) in [5.74, 6) is 0.780. The molecule has 1 unspecified atom stereocenters. The van der Waals surface area contributed by atoms with Crippen LogP contribution in [-0.2, 0) is 9.84 Å². The van der Waals surface area contributed by atoms with Gasteiger partial charge < -0.3 is 5.32 Å². The fourth-order valence-corrected chi connectivity index (χ4v) is 5.59. The predicted molar refractivity (Wildman–Crippen MR) is 77.0 cm³/mol. The van der Waals surface area contributed by atoms with Crippen LogP contribution in [-0.4, -0.2) is 55.5 Å². The summed E-state index contributed by atoms with van der Waals surface area (Å²) in [6, 6.07) is 1.02. The molecule has 0 radical (unpaired) electrons. The van der Waals surface area contributed by atoms with Crippen molar-refractivity contribution in [2.45, 2.75) is 63.1 Å². The van der Waals surface area contributed by atoms with Crippen molar-refractivity contribution in [2.24, 2.45) is 0 Å². The summed E-state index contributed by atoms with van der Waals surface area (Å²) in [5.41, 5.74) is 0.336. The van der Waals surface area contributed by atoms with Crippen LogP contribution in [0.2, 0.25) is 0 Å². The highest BCUT2D eigenvalue weighted by Crippen LogP contribution is 2.35. The van der Waals surface area contributed by atoms with Gasteiger partial charge in [0.1, 0.15) is 9.84 Å². The maximum Gasteiger partial charge on any atom is 0.150 e. The van der Waals surface area contributed by atoms with E-state index in [1.165, 1.54) is 25.7 Å². The molecule has 1 N–H and O–H groups in total. The molecule has 5 heteroatoms. The van der Waals surface area contributed by atoms with Gasteiger partial charge in [-0.25, -0.2) is 8.42 Å². The molecule has 3 rings (SSSR count). The number of nitrogens with one attached hydrogen (secondary N) is 1. The minimum Gasteiger partial charge on any atom is -0.308 e. The Kier molecular flexibility index (Phi) is 3.65. The van der Waals surface area contributed by atoms with E-state index in [0.29, 0.717) is 29.1 Å². The Balaban J connectivity index is 1.68. The second kappa shape index (κ2) is 5.01. The smallest absolute Gasteiger partial charge is 0.150 e. The first-order chi connectivity index (χ1) is 9.00. The van der Waals surface area contributed by atoms with Crippen molar-refractivity contribution >= 4 is 9.84 Å². The zero-order valence-electron chi connectivity index (χ0n) is 11.9. The predicted octanol–water partition coefficient (Wildman–Crippen LogP) is 1.17. The van der Waals surface area contributed by atoms with Gasteiger partial charge in [-0.15, -0.1) is 0 Å². The van der Waals surface area contributed by atoms with Crippen LogP contribution in [0, 0.1) is 0 Å². The summed E-state index contributed by atoms with van der Waals surface area (Å²) in [6.45, 7) is 4.46. The van der Waals surface area contributed by atoms with Crippen LogP contribution < -0.4 is 5.32 Å². The van der Waals surface area contributed by atoms with E-state index < -0.39 is 9.84 Å². The molecule has 0 amide bonds. The van der Waals surface area contributed by atoms with Gasteiger partial charge in [-0.1, -0.05) is 12.8 Å². The van der Waals surface area contributed by atoms with Crippen LogP contribution in [0.15, 0.2) is 0 Å². The topological polar surface area (TPSA) is 49.4 Å². The molecule has 0 aromatic heterocycles. The number of piperazine rings is 1. The van der Waals surface area contributed by atoms with Gasteiger partial charge in [-0.05, 0) is 32.6 Å². The summed E-state index contributed by atoms with van der Waals surface area (Å²) in [7, 11) is -2.74. The minimum absolute atomic E-state index is 0.336. The number of hydrogen-bond acceptors (Lipinski definition) is 4. The van der Waals surface area contributed by atoms with Crippen molar-refractivity contribution in [3.05, 3.63) is 0 Å². The average Bonchev–Trinajstić information content (AvgIpc) is 2.82. The van der Waals surface area contributed by atoms with E-state index in [0.717, 1.165) is 25.9 Å². The molecular formula is C14H26N2O2S. The van der Waals surface area contributed by atoms with Gasteiger partial charge in [0.2, 0.25) is 0 Å². The fraction of sp³-hybridized carbons (Fsp3) is 1.00. The van der Waals surface area contributed by atoms with E-state index in [4.69, 9.17) is 0 Å². The Morgan fingerprint density at radius 2 is 1.79 bits per heavy atom. The Morgan fingerprint density at radius 1 is 1.16 bits per heavy atom. The molecule has 0 aromatic carbocycles. The number of nitrogens with zero attached hydrogens (tertiary/aromatic N) is 1. The lowest BCUT2D eigenvalue weighted by molar-refractivity contribution is 0.0464. The summed E-state index contributed by atoms with van der Waals surface area (Å²) in [6.07, 6.45) is 6.94. The molecule has 2 heterocycles. The number of rotatable bonds is 1. The molecule has 0 bridgehead atoms. The standard InChI is InChI=1S/C14H26N2O2S/c1-12-10-15-14(6-2-3-7-14)11-16(12)13-4-8-19(17,18)9-5-13/h12-13,15H,2-11H2,1H3. The fourth-order valence-electron chi connectivity index (χ4n) is 4.13. The van der Waals surface area contributed by atoms with E-state index in [1.54, 1.807) is 0 Å². The molecule has 110 valence electrons. The maximum atomic E-state index is 11.6. The molecular weight excluding hydrogens is 260 g/mol. The van der Waals surface area contributed by atoms with Gasteiger partial charge in [-0.2, -0.15) is 0 Å². The normalized spacial score (nSPS) is 35.7. The largest absolute Gasteiger partial charge is 0.308 e. The van der Waals surface area contributed by atoms with Crippen LogP contribution in [0.25, 0.3) is 0 Å². The van der Waals surface area contributed by atoms with Crippen molar-refractivity contribution in [2.75, 3.05) is 24.6 Å². The SMILES string of the molecule is CC1CNC2(CCCC2)CN1C1CCS(=O)(=O)CC1. The highest BCUT2D eigenvalue weighted by Gasteiger charge is 2.42. The Labute approximate surface area is 116 Å². The summed E-state index contributed by atoms with van der Waals surface area (Å²) < 4.78 is 23.2. The third kappa shape index (κ3) is 2.83. The lowest BCUT2D eigenvalue weighted by Crippen LogP contribution is -2.65. The molecule has 1 spiro atoms. The van der Waals surface area contributed by atoms with Crippen molar-refractivity contribution in [1.29, 1.82) is 0 Å². The van der Waals surface area contributed by atoms with Crippen molar-refractivity contribution in [3.63, 3.8) is 0 Å². The second-order valence-electron chi connectivity index (χ2n) is 6.77. The molecule has 1 atom stereocenters. The first-order valence-corrected chi connectivity index (χ1v) is 9.53. The van der Waals surface area contributed by atoms with E-state index in [9.17, 15) is 8.42 Å². The zero-order valence-corrected chi connectivity index (χ0v) is 12.7. The zero-order chi connectivity index (χ0) is 13.5. The maximum absolute atomic E-state index is 11.6. The molecule has 3 aliphatic rings. The third-order valence-corrected chi connectivity index (χ3v) is 7.09. The Hall–Kier alpha value is -0.130. The molecule has 2 aliphatic heterocycles. The van der Waals surface area contributed by atoms with Gasteiger partial charge in [0.25, 0.3) is 0 Å². The van der Waals surface area contributed by atoms with Gasteiger partial charge in [-0.3, -0.25) is 4.90 Å². The third-order valence-electron chi connectivity index (χ3n) is 5.38. The molecule has 19 heavy (non-hydrogen) atoms. The van der Waals surface area contributed by atoms with Crippen LogP contribution in [0.3, 0.4) is 0 Å². The van der Waals surface area contributed by atoms with Crippen LogP contribution in [0.4, 0.5) is 0 Å². The number of sulfone groups is 1. The van der Waals surface area contributed by atoms with Crippen LogP contribution >= 0.6 is 0 Å². The number of hydrogen-bond donors (Lipinski definition) is 1. The van der Waals surface area contributed by atoms with E-state index >= 15 is 0 Å². The summed E-state index contributed by atoms with van der Waals surface area (Å²) >= 11 is 0. The van der Waals surface area contributed by atoms with Crippen LogP contribution in [0.1, 0.15) is 45.4 Å². The van der Waals surface area contributed by atoms with Gasteiger partial charge in [0.05, 0.1) is 11.5 Å². The summed E-state index contributed by atoms with van der Waals surface area (Å²) in [5, 5.41) is 3.77. The van der Waals surface area contributed by atoms with Crippen molar-refractivity contribution < 1.29 is 8.42 Å². The van der Waals surface area contributed by atoms with E-state index in [1.807, 2.05) is 0 Å². The van der Waals surface area contributed by atoms with Crippen LogP contribution in [0.5, 0.6) is 0 Å². The molecule has 4 nitrogen and oxygen atoms in total. The Bertz CT molecular complexity index is 415. The lowest BCUT2D eigenvalue weighted by atomic mass is 9.90. The molecule has 2 saturated heterocycles. The monoisotopic (exact) mass is 286 g/mol. The van der Waals surface area contributed by atoms with E-state index in [2.05, 4.69) is 17.1 Å². The first-order valence-electron chi connectivity index (χ1n) is 7.71. The lowest BCUT2D eigenvalue weighted by Gasteiger charge is -2.49. The molecule has 3 fully saturated rings. The summed E-state index contributed by atoms with van der Waals surface area (Å²) in [4.78, 5) is 2.61. The Morgan fingerprint density at radius 3 is 2.42 bits per heavy atom.